The monoisotopic (exact) mass is 321 g/mol. The van der Waals surface area contributed by atoms with Crippen molar-refractivity contribution in [3.63, 3.8) is 0 Å². The van der Waals surface area contributed by atoms with Crippen molar-refractivity contribution in [1.82, 2.24) is 5.32 Å². The zero-order valence-electron chi connectivity index (χ0n) is 14.1. The van der Waals surface area contributed by atoms with E-state index in [0.29, 0.717) is 6.54 Å². The molecule has 2 N–H and O–H groups in total. The Morgan fingerprint density at radius 2 is 1.75 bits per heavy atom. The number of carbonyl (C=O) groups excluding carboxylic acids is 1. The molecule has 124 valence electrons. The van der Waals surface area contributed by atoms with Gasteiger partial charge in [0.15, 0.2) is 0 Å². The Labute approximate surface area is 142 Å². The standard InChI is InChI=1S/C21H23NO2/c1-14-4-2-5-15-8-10-21(18(14)15)11-9-16-6-3-7-17(19(16)21)20(24)22-12-13-23/h2-7,23H,8-13H2,1H3,(H,22,24)/t21-/m0/s1. The number of aliphatic hydroxyl groups excluding tert-OH is 1. The van der Waals surface area contributed by atoms with E-state index in [1.54, 1.807) is 0 Å². The van der Waals surface area contributed by atoms with Crippen molar-refractivity contribution < 1.29 is 9.90 Å². The van der Waals surface area contributed by atoms with E-state index in [-0.39, 0.29) is 17.9 Å². The van der Waals surface area contributed by atoms with E-state index in [0.717, 1.165) is 31.2 Å². The Morgan fingerprint density at radius 3 is 2.46 bits per heavy atom. The first kappa shape index (κ1) is 15.4. The maximum Gasteiger partial charge on any atom is 0.251 e. The van der Waals surface area contributed by atoms with E-state index in [9.17, 15) is 4.79 Å². The van der Waals surface area contributed by atoms with Crippen LogP contribution >= 0.6 is 0 Å². The first-order valence-corrected chi connectivity index (χ1v) is 8.78. The highest BCUT2D eigenvalue weighted by atomic mass is 16.3. The van der Waals surface area contributed by atoms with Gasteiger partial charge >= 0.3 is 0 Å². The molecule has 2 aromatic carbocycles. The topological polar surface area (TPSA) is 49.3 Å². The fourth-order valence-electron chi connectivity index (χ4n) is 4.90. The molecule has 1 amide bonds. The molecule has 3 heteroatoms. The number of nitrogens with one attached hydrogen (secondary N) is 1. The van der Waals surface area contributed by atoms with Crippen LogP contribution in [0.25, 0.3) is 0 Å². The van der Waals surface area contributed by atoms with Gasteiger partial charge in [0, 0.05) is 17.5 Å². The van der Waals surface area contributed by atoms with Gasteiger partial charge in [-0.3, -0.25) is 4.79 Å². The van der Waals surface area contributed by atoms with Crippen molar-refractivity contribution >= 4 is 5.91 Å². The third-order valence-electron chi connectivity index (χ3n) is 5.75. The van der Waals surface area contributed by atoms with Crippen LogP contribution in [0.2, 0.25) is 0 Å². The average molecular weight is 321 g/mol. The maximum atomic E-state index is 12.7. The molecule has 0 radical (unpaired) electrons. The number of rotatable bonds is 3. The lowest BCUT2D eigenvalue weighted by atomic mass is 9.73. The van der Waals surface area contributed by atoms with Gasteiger partial charge in [0.1, 0.15) is 0 Å². The molecule has 0 aromatic heterocycles. The fraction of sp³-hybridized carbons (Fsp3) is 0.381. The number of benzene rings is 2. The lowest BCUT2D eigenvalue weighted by Gasteiger charge is -2.30. The summed E-state index contributed by atoms with van der Waals surface area (Å²) in [5.41, 5.74) is 7.54. The molecular weight excluding hydrogens is 298 g/mol. The van der Waals surface area contributed by atoms with Gasteiger partial charge in [-0.05, 0) is 66.5 Å². The van der Waals surface area contributed by atoms with Crippen molar-refractivity contribution in [1.29, 1.82) is 0 Å². The number of hydrogen-bond donors (Lipinski definition) is 2. The summed E-state index contributed by atoms with van der Waals surface area (Å²) in [6.45, 7) is 2.46. The molecule has 0 unspecified atom stereocenters. The van der Waals surface area contributed by atoms with E-state index < -0.39 is 0 Å². The van der Waals surface area contributed by atoms with Gasteiger partial charge in [-0.1, -0.05) is 30.3 Å². The number of amides is 1. The van der Waals surface area contributed by atoms with Crippen LogP contribution in [0.15, 0.2) is 36.4 Å². The third kappa shape index (κ3) is 2.11. The van der Waals surface area contributed by atoms with Gasteiger partial charge in [-0.2, -0.15) is 0 Å². The molecular formula is C21H23NO2. The van der Waals surface area contributed by atoms with Crippen LogP contribution in [0.1, 0.15) is 51.0 Å². The summed E-state index contributed by atoms with van der Waals surface area (Å²) in [4.78, 5) is 12.7. The lowest BCUT2D eigenvalue weighted by Crippen LogP contribution is -2.31. The van der Waals surface area contributed by atoms with Gasteiger partial charge in [0.2, 0.25) is 0 Å². The molecule has 1 spiro atoms. The lowest BCUT2D eigenvalue weighted by molar-refractivity contribution is 0.0942. The highest BCUT2D eigenvalue weighted by Gasteiger charge is 2.47. The molecule has 2 aromatic rings. The van der Waals surface area contributed by atoms with Crippen LogP contribution in [-0.4, -0.2) is 24.2 Å². The quantitative estimate of drug-likeness (QED) is 0.913. The Morgan fingerprint density at radius 1 is 1.08 bits per heavy atom. The van der Waals surface area contributed by atoms with Crippen molar-refractivity contribution in [3.8, 4) is 0 Å². The van der Waals surface area contributed by atoms with Gasteiger partial charge < -0.3 is 10.4 Å². The second-order valence-corrected chi connectivity index (χ2v) is 7.01. The summed E-state index contributed by atoms with van der Waals surface area (Å²) in [7, 11) is 0. The largest absolute Gasteiger partial charge is 0.395 e. The van der Waals surface area contributed by atoms with Gasteiger partial charge in [-0.25, -0.2) is 0 Å². The normalized spacial score (nSPS) is 20.9. The van der Waals surface area contributed by atoms with Crippen molar-refractivity contribution in [2.75, 3.05) is 13.2 Å². The Bertz CT molecular complexity index is 807. The summed E-state index contributed by atoms with van der Waals surface area (Å²) in [5, 5.41) is 11.8. The maximum absolute atomic E-state index is 12.7. The first-order valence-electron chi connectivity index (χ1n) is 8.78. The van der Waals surface area contributed by atoms with E-state index >= 15 is 0 Å². The first-order chi connectivity index (χ1) is 11.7. The van der Waals surface area contributed by atoms with Crippen molar-refractivity contribution in [2.24, 2.45) is 0 Å². The predicted octanol–water partition coefficient (Wildman–Crippen LogP) is 2.90. The molecule has 2 aliphatic rings. The molecule has 24 heavy (non-hydrogen) atoms. The molecule has 0 saturated carbocycles. The summed E-state index contributed by atoms with van der Waals surface area (Å²) in [6.07, 6.45) is 4.29. The highest BCUT2D eigenvalue weighted by molar-refractivity contribution is 5.97. The summed E-state index contributed by atoms with van der Waals surface area (Å²) in [5.74, 6) is -0.0655. The number of fused-ring (bicyclic) bond motifs is 4. The smallest absolute Gasteiger partial charge is 0.251 e. The number of aryl methyl sites for hydroxylation is 3. The van der Waals surface area contributed by atoms with Crippen LogP contribution in [0, 0.1) is 6.92 Å². The minimum atomic E-state index is -0.0655. The van der Waals surface area contributed by atoms with Crippen LogP contribution in [0.5, 0.6) is 0 Å². The van der Waals surface area contributed by atoms with E-state index in [4.69, 9.17) is 5.11 Å². The molecule has 0 fully saturated rings. The van der Waals surface area contributed by atoms with E-state index in [1.807, 2.05) is 12.1 Å². The molecule has 0 aliphatic heterocycles. The number of aliphatic hydroxyl groups is 1. The summed E-state index contributed by atoms with van der Waals surface area (Å²) >= 11 is 0. The van der Waals surface area contributed by atoms with Crippen LogP contribution in [0.4, 0.5) is 0 Å². The van der Waals surface area contributed by atoms with Crippen molar-refractivity contribution in [3.05, 3.63) is 69.8 Å². The second kappa shape index (κ2) is 5.75. The van der Waals surface area contributed by atoms with Crippen LogP contribution in [-0.2, 0) is 18.3 Å². The van der Waals surface area contributed by atoms with E-state index in [1.165, 1.54) is 27.8 Å². The summed E-state index contributed by atoms with van der Waals surface area (Å²) < 4.78 is 0. The Hall–Kier alpha value is -2.13. The van der Waals surface area contributed by atoms with E-state index in [2.05, 4.69) is 36.5 Å². The SMILES string of the molecule is Cc1cccc2c1[C@]1(CC2)CCc2cccc(C(=O)NCCO)c21. The predicted molar refractivity (Wildman–Crippen MR) is 94.5 cm³/mol. The number of carbonyl (C=O) groups is 1. The second-order valence-electron chi connectivity index (χ2n) is 7.01. The third-order valence-corrected chi connectivity index (χ3v) is 5.75. The van der Waals surface area contributed by atoms with Gasteiger partial charge in [0.05, 0.1) is 6.61 Å². The minimum absolute atomic E-state index is 0.0108. The minimum Gasteiger partial charge on any atom is -0.395 e. The fourth-order valence-corrected chi connectivity index (χ4v) is 4.90. The van der Waals surface area contributed by atoms with Gasteiger partial charge in [0.25, 0.3) is 5.91 Å². The molecule has 3 nitrogen and oxygen atoms in total. The van der Waals surface area contributed by atoms with Crippen LogP contribution < -0.4 is 5.32 Å². The van der Waals surface area contributed by atoms with Gasteiger partial charge in [-0.15, -0.1) is 0 Å². The Balaban J connectivity index is 1.88. The average Bonchev–Trinajstić information content (AvgIpc) is 3.16. The molecule has 2 aliphatic carbocycles. The van der Waals surface area contributed by atoms with Crippen LogP contribution in [0.3, 0.4) is 0 Å². The molecule has 0 heterocycles. The summed E-state index contributed by atoms with van der Waals surface area (Å²) in [6, 6.07) is 12.7. The molecule has 1 atom stereocenters. The highest BCUT2D eigenvalue weighted by Crippen LogP contribution is 2.54. The molecule has 0 saturated heterocycles. The van der Waals surface area contributed by atoms with Crippen molar-refractivity contribution in [2.45, 2.75) is 38.0 Å². The zero-order valence-corrected chi connectivity index (χ0v) is 14.1. The molecule has 0 bridgehead atoms. The zero-order chi connectivity index (χ0) is 16.7. The molecule has 4 rings (SSSR count). The number of hydrogen-bond acceptors (Lipinski definition) is 2. The Kier molecular flexibility index (Phi) is 3.69.